The average Bonchev–Trinajstić information content (AvgIpc) is 3.01. The zero-order valence-electron chi connectivity index (χ0n) is 11.6. The maximum Gasteiger partial charge on any atom is 0.241 e. The molecule has 1 aliphatic rings. The lowest BCUT2D eigenvalue weighted by Crippen LogP contribution is -2.39. The van der Waals surface area contributed by atoms with E-state index in [4.69, 9.17) is 5.84 Å². The van der Waals surface area contributed by atoms with Crippen molar-refractivity contribution < 1.29 is 4.79 Å². The number of amides is 1. The fraction of sp³-hybridized carbons (Fsp3) is 0.462. The number of nitrogens with two attached hydrogens (primary N) is 1. The summed E-state index contributed by atoms with van der Waals surface area (Å²) in [6, 6.07) is 1.94. The van der Waals surface area contributed by atoms with Crippen molar-refractivity contribution in [3.8, 4) is 0 Å². The van der Waals surface area contributed by atoms with Crippen molar-refractivity contribution in [3.05, 3.63) is 11.4 Å². The molecule has 1 saturated heterocycles. The summed E-state index contributed by atoms with van der Waals surface area (Å²) < 4.78 is 0. The Bertz CT molecular complexity index is 637. The average molecular weight is 306 g/mol. The number of nitrogens with zero attached hydrogens (tertiary/aromatic N) is 3. The monoisotopic (exact) mass is 306 g/mol. The third kappa shape index (κ3) is 3.06. The molecule has 0 bridgehead atoms. The second-order valence-electron chi connectivity index (χ2n) is 4.97. The zero-order valence-corrected chi connectivity index (χ0v) is 12.4. The van der Waals surface area contributed by atoms with Gasteiger partial charge in [0, 0.05) is 13.1 Å². The highest BCUT2D eigenvalue weighted by molar-refractivity contribution is 7.16. The Hall–Kier alpha value is -1.93. The maximum atomic E-state index is 12.2. The molecule has 1 fully saturated rings. The number of likely N-dealkylation sites (tertiary alicyclic amines) is 1. The Kier molecular flexibility index (Phi) is 4.16. The molecule has 0 atom stereocenters. The van der Waals surface area contributed by atoms with Crippen LogP contribution < -0.4 is 16.6 Å². The molecular weight excluding hydrogens is 288 g/mol. The van der Waals surface area contributed by atoms with Crippen molar-refractivity contribution >= 4 is 39.2 Å². The molecule has 8 heteroatoms. The number of carbonyl (C=O) groups excluding carboxylic acids is 1. The first-order chi connectivity index (χ1) is 10.3. The molecule has 0 radical (unpaired) electrons. The van der Waals surface area contributed by atoms with E-state index >= 15 is 0 Å². The summed E-state index contributed by atoms with van der Waals surface area (Å²) >= 11 is 1.51. The van der Waals surface area contributed by atoms with Crippen LogP contribution in [-0.4, -0.2) is 40.4 Å². The maximum absolute atomic E-state index is 12.2. The van der Waals surface area contributed by atoms with Crippen molar-refractivity contribution in [3.63, 3.8) is 0 Å². The second-order valence-corrected chi connectivity index (χ2v) is 5.87. The molecule has 0 aromatic carbocycles. The van der Waals surface area contributed by atoms with E-state index in [0.717, 1.165) is 36.1 Å². The predicted octanol–water partition coefficient (Wildman–Crippen LogP) is 1.40. The van der Waals surface area contributed by atoms with E-state index in [-0.39, 0.29) is 12.5 Å². The Labute approximate surface area is 126 Å². The zero-order chi connectivity index (χ0) is 14.7. The highest BCUT2D eigenvalue weighted by Crippen LogP contribution is 2.26. The summed E-state index contributed by atoms with van der Waals surface area (Å²) in [5.74, 6) is 6.47. The topological polar surface area (TPSA) is 96.2 Å². The van der Waals surface area contributed by atoms with Crippen LogP contribution >= 0.6 is 11.3 Å². The summed E-state index contributed by atoms with van der Waals surface area (Å²) in [5.41, 5.74) is 2.45. The van der Waals surface area contributed by atoms with Gasteiger partial charge in [-0.3, -0.25) is 10.2 Å². The van der Waals surface area contributed by atoms with E-state index in [9.17, 15) is 4.79 Å². The number of hydrazine groups is 1. The number of thiophene rings is 1. The minimum atomic E-state index is 0.110. The van der Waals surface area contributed by atoms with E-state index in [2.05, 4.69) is 20.7 Å². The van der Waals surface area contributed by atoms with Gasteiger partial charge in [-0.15, -0.1) is 11.3 Å². The Balaban J connectivity index is 1.72. The first-order valence-electron chi connectivity index (χ1n) is 7.01. The predicted molar refractivity (Wildman–Crippen MR) is 84.1 cm³/mol. The lowest BCUT2D eigenvalue weighted by atomic mass is 10.1. The van der Waals surface area contributed by atoms with E-state index < -0.39 is 0 Å². The molecule has 0 unspecified atom stereocenters. The molecule has 0 saturated carbocycles. The number of hydrogen-bond donors (Lipinski definition) is 3. The van der Waals surface area contributed by atoms with Crippen LogP contribution in [0.25, 0.3) is 10.2 Å². The van der Waals surface area contributed by atoms with Crippen LogP contribution in [0.2, 0.25) is 0 Å². The van der Waals surface area contributed by atoms with Gasteiger partial charge in [0.05, 0.1) is 11.9 Å². The summed E-state index contributed by atoms with van der Waals surface area (Å²) in [6.45, 7) is 1.95. The van der Waals surface area contributed by atoms with Gasteiger partial charge in [0.25, 0.3) is 0 Å². The van der Waals surface area contributed by atoms with Crippen molar-refractivity contribution in [2.45, 2.75) is 19.3 Å². The highest BCUT2D eigenvalue weighted by atomic mass is 32.1. The van der Waals surface area contributed by atoms with Crippen molar-refractivity contribution in [1.82, 2.24) is 14.9 Å². The van der Waals surface area contributed by atoms with E-state index in [1.807, 2.05) is 16.3 Å². The van der Waals surface area contributed by atoms with Crippen LogP contribution in [0.5, 0.6) is 0 Å². The molecule has 0 spiro atoms. The number of rotatable bonds is 4. The molecule has 0 aliphatic carbocycles. The van der Waals surface area contributed by atoms with E-state index in [0.29, 0.717) is 11.8 Å². The van der Waals surface area contributed by atoms with Crippen LogP contribution in [0.15, 0.2) is 11.4 Å². The second kappa shape index (κ2) is 6.23. The summed E-state index contributed by atoms with van der Waals surface area (Å²) in [4.78, 5) is 23.5. The number of carbonyl (C=O) groups is 1. The Morgan fingerprint density at radius 2 is 2.14 bits per heavy atom. The number of fused-ring (bicyclic) bond motifs is 1. The summed E-state index contributed by atoms with van der Waals surface area (Å²) in [7, 11) is 0. The molecule has 2 aromatic heterocycles. The molecule has 3 rings (SSSR count). The van der Waals surface area contributed by atoms with Crippen LogP contribution in [0, 0.1) is 0 Å². The smallest absolute Gasteiger partial charge is 0.241 e. The Morgan fingerprint density at radius 1 is 1.33 bits per heavy atom. The van der Waals surface area contributed by atoms with Crippen LogP contribution in [0.4, 0.5) is 11.8 Å². The fourth-order valence-corrected chi connectivity index (χ4v) is 3.23. The van der Waals surface area contributed by atoms with Gasteiger partial charge in [0.2, 0.25) is 11.9 Å². The lowest BCUT2D eigenvalue weighted by molar-refractivity contribution is -0.130. The van der Waals surface area contributed by atoms with Crippen molar-refractivity contribution in [2.75, 3.05) is 30.4 Å². The van der Waals surface area contributed by atoms with Gasteiger partial charge in [0.15, 0.2) is 0 Å². The Morgan fingerprint density at radius 3 is 2.90 bits per heavy atom. The SMILES string of the molecule is NNc1nc(NCC(=O)N2CCCCC2)c2ccsc2n1. The molecule has 1 aliphatic heterocycles. The number of aromatic nitrogens is 2. The minimum absolute atomic E-state index is 0.110. The van der Waals surface area contributed by atoms with Crippen LogP contribution in [-0.2, 0) is 4.79 Å². The fourth-order valence-electron chi connectivity index (χ4n) is 2.47. The van der Waals surface area contributed by atoms with Gasteiger partial charge in [-0.05, 0) is 30.7 Å². The van der Waals surface area contributed by atoms with Gasteiger partial charge in [0.1, 0.15) is 10.6 Å². The number of hydrogen-bond acceptors (Lipinski definition) is 7. The summed E-state index contributed by atoms with van der Waals surface area (Å²) in [6.07, 6.45) is 3.40. The standard InChI is InChI=1S/C13H18N6OS/c14-18-13-16-11(9-4-7-21-12(9)17-13)15-8-10(20)19-5-2-1-3-6-19/h4,7H,1-3,5-6,8,14H2,(H2,15,16,17,18). The third-order valence-corrected chi connectivity index (χ3v) is 4.38. The van der Waals surface area contributed by atoms with Gasteiger partial charge < -0.3 is 10.2 Å². The molecule has 2 aromatic rings. The number of anilines is 2. The molecule has 21 heavy (non-hydrogen) atoms. The molecular formula is C13H18N6OS. The molecule has 7 nitrogen and oxygen atoms in total. The van der Waals surface area contributed by atoms with Crippen molar-refractivity contribution in [1.29, 1.82) is 0 Å². The molecule has 3 heterocycles. The minimum Gasteiger partial charge on any atom is -0.360 e. The highest BCUT2D eigenvalue weighted by Gasteiger charge is 2.17. The van der Waals surface area contributed by atoms with Gasteiger partial charge in [-0.1, -0.05) is 0 Å². The largest absolute Gasteiger partial charge is 0.360 e. The first-order valence-corrected chi connectivity index (χ1v) is 7.89. The number of nitrogen functional groups attached to an aromatic ring is 1. The quantitative estimate of drug-likeness (QED) is 0.584. The third-order valence-electron chi connectivity index (χ3n) is 3.57. The number of nitrogens with one attached hydrogen (secondary N) is 2. The molecule has 4 N–H and O–H groups in total. The first kappa shape index (κ1) is 14.0. The molecule has 1 amide bonds. The normalized spacial score (nSPS) is 15.2. The summed E-state index contributed by atoms with van der Waals surface area (Å²) in [5, 5.41) is 5.96. The van der Waals surface area contributed by atoms with Gasteiger partial charge in [-0.2, -0.15) is 4.98 Å². The van der Waals surface area contributed by atoms with Gasteiger partial charge >= 0.3 is 0 Å². The number of piperidine rings is 1. The van der Waals surface area contributed by atoms with Gasteiger partial charge in [-0.25, -0.2) is 10.8 Å². The molecule has 112 valence electrons. The van der Waals surface area contributed by atoms with E-state index in [1.54, 1.807) is 0 Å². The van der Waals surface area contributed by atoms with Crippen LogP contribution in [0.1, 0.15) is 19.3 Å². The van der Waals surface area contributed by atoms with E-state index in [1.165, 1.54) is 17.8 Å². The van der Waals surface area contributed by atoms with Crippen molar-refractivity contribution in [2.24, 2.45) is 5.84 Å². The van der Waals surface area contributed by atoms with Crippen LogP contribution in [0.3, 0.4) is 0 Å². The lowest BCUT2D eigenvalue weighted by Gasteiger charge is -2.26.